The van der Waals surface area contributed by atoms with Gasteiger partial charge in [-0.15, -0.1) is 0 Å². The fourth-order valence-corrected chi connectivity index (χ4v) is 4.54. The number of aryl methyl sites for hydroxylation is 2. The minimum atomic E-state index is -3.73. The van der Waals surface area contributed by atoms with Crippen LogP contribution in [0.15, 0.2) is 71.6 Å². The fraction of sp³-hybridized carbons (Fsp3) is 0.269. The highest BCUT2D eigenvalue weighted by Gasteiger charge is 2.21. The number of rotatable bonds is 9. The average Bonchev–Trinajstić information content (AvgIpc) is 2.84. The molecule has 3 aromatic rings. The number of carbonyl (C=O) groups excluding carboxylic acids is 1. The van der Waals surface area contributed by atoms with Crippen LogP contribution in [-0.4, -0.2) is 35.1 Å². The van der Waals surface area contributed by atoms with Crippen molar-refractivity contribution in [2.45, 2.75) is 31.7 Å². The van der Waals surface area contributed by atoms with Gasteiger partial charge in [0.1, 0.15) is 11.5 Å². The van der Waals surface area contributed by atoms with Crippen LogP contribution >= 0.6 is 0 Å². The monoisotopic (exact) mass is 482 g/mol. The zero-order valence-corrected chi connectivity index (χ0v) is 20.8. The first-order chi connectivity index (χ1) is 16.1. The van der Waals surface area contributed by atoms with Crippen LogP contribution in [0.3, 0.4) is 0 Å². The molecule has 8 heteroatoms. The molecule has 180 valence electrons. The van der Waals surface area contributed by atoms with Gasteiger partial charge in [0.25, 0.3) is 15.9 Å². The Morgan fingerprint density at radius 3 is 2.15 bits per heavy atom. The topological polar surface area (TPSA) is 84.9 Å². The van der Waals surface area contributed by atoms with E-state index in [0.717, 1.165) is 5.56 Å². The molecule has 1 N–H and O–H groups in total. The normalized spacial score (nSPS) is 12.0. The Hall–Kier alpha value is -3.52. The van der Waals surface area contributed by atoms with E-state index in [-0.39, 0.29) is 23.5 Å². The van der Waals surface area contributed by atoms with E-state index in [2.05, 4.69) is 11.4 Å². The molecule has 0 saturated heterocycles. The summed E-state index contributed by atoms with van der Waals surface area (Å²) in [5.74, 6) is 0.803. The summed E-state index contributed by atoms with van der Waals surface area (Å²) in [6, 6.07) is 18.7. The van der Waals surface area contributed by atoms with E-state index in [9.17, 15) is 13.2 Å². The summed E-state index contributed by atoms with van der Waals surface area (Å²) in [4.78, 5) is 12.5. The second kappa shape index (κ2) is 10.6. The molecule has 1 amide bonds. The standard InChI is InChI=1S/C26H30N2O5S/c1-18-6-7-21(16-19(18)2)20(3)27-26(29)17-33-24-10-8-22(9-11-24)28(4)34(30,31)25-14-12-23(32-5)13-15-25/h6-16,20H,17H2,1-5H3,(H,27,29). The van der Waals surface area contributed by atoms with Crippen LogP contribution in [0.1, 0.15) is 29.7 Å². The lowest BCUT2D eigenvalue weighted by Gasteiger charge is -2.20. The SMILES string of the molecule is COc1ccc(S(=O)(=O)N(C)c2ccc(OCC(=O)NC(C)c3ccc(C)c(C)c3)cc2)cc1. The molecule has 0 radical (unpaired) electrons. The van der Waals surface area contributed by atoms with Crippen LogP contribution in [0.4, 0.5) is 5.69 Å². The minimum Gasteiger partial charge on any atom is -0.497 e. The summed E-state index contributed by atoms with van der Waals surface area (Å²) in [7, 11) is -0.723. The fourth-order valence-electron chi connectivity index (χ4n) is 3.35. The molecule has 0 saturated carbocycles. The third-order valence-electron chi connectivity index (χ3n) is 5.70. The van der Waals surface area contributed by atoms with Gasteiger partial charge in [0, 0.05) is 7.05 Å². The maximum absolute atomic E-state index is 12.9. The van der Waals surface area contributed by atoms with Gasteiger partial charge in [0.15, 0.2) is 6.61 Å². The number of ether oxygens (including phenoxy) is 2. The molecule has 0 fully saturated rings. The summed E-state index contributed by atoms with van der Waals surface area (Å²) in [5.41, 5.74) is 3.88. The van der Waals surface area contributed by atoms with Gasteiger partial charge in [-0.2, -0.15) is 0 Å². The number of hydrogen-bond acceptors (Lipinski definition) is 5. The van der Waals surface area contributed by atoms with E-state index >= 15 is 0 Å². The molecule has 0 spiro atoms. The summed E-state index contributed by atoms with van der Waals surface area (Å²) in [5, 5.41) is 2.93. The Balaban J connectivity index is 1.58. The molecular weight excluding hydrogens is 452 g/mol. The van der Waals surface area contributed by atoms with Crippen molar-refractivity contribution in [1.29, 1.82) is 0 Å². The number of benzene rings is 3. The molecule has 0 heterocycles. The van der Waals surface area contributed by atoms with Crippen LogP contribution in [-0.2, 0) is 14.8 Å². The molecule has 34 heavy (non-hydrogen) atoms. The van der Waals surface area contributed by atoms with E-state index in [1.54, 1.807) is 36.4 Å². The molecular formula is C26H30N2O5S. The van der Waals surface area contributed by atoms with Crippen molar-refractivity contribution in [3.63, 3.8) is 0 Å². The molecule has 0 aliphatic rings. The molecule has 0 aliphatic carbocycles. The second-order valence-electron chi connectivity index (χ2n) is 8.06. The predicted molar refractivity (Wildman–Crippen MR) is 133 cm³/mol. The molecule has 1 atom stereocenters. The van der Waals surface area contributed by atoms with Gasteiger partial charge in [0.2, 0.25) is 0 Å². The second-order valence-corrected chi connectivity index (χ2v) is 10.0. The molecule has 0 aliphatic heterocycles. The maximum atomic E-state index is 12.9. The van der Waals surface area contributed by atoms with Gasteiger partial charge < -0.3 is 14.8 Å². The lowest BCUT2D eigenvalue weighted by molar-refractivity contribution is -0.123. The van der Waals surface area contributed by atoms with E-state index in [1.165, 1.54) is 41.7 Å². The number of anilines is 1. The number of sulfonamides is 1. The molecule has 3 aromatic carbocycles. The Morgan fingerprint density at radius 2 is 1.56 bits per heavy atom. The molecule has 1 unspecified atom stereocenters. The van der Waals surface area contributed by atoms with Crippen LogP contribution in [0.2, 0.25) is 0 Å². The van der Waals surface area contributed by atoms with Crippen molar-refractivity contribution >= 4 is 21.6 Å². The van der Waals surface area contributed by atoms with Crippen molar-refractivity contribution in [2.75, 3.05) is 25.1 Å². The third-order valence-corrected chi connectivity index (χ3v) is 7.50. The Morgan fingerprint density at radius 1 is 0.941 bits per heavy atom. The zero-order chi connectivity index (χ0) is 24.9. The van der Waals surface area contributed by atoms with E-state index in [4.69, 9.17) is 9.47 Å². The van der Waals surface area contributed by atoms with Gasteiger partial charge in [-0.25, -0.2) is 8.42 Å². The van der Waals surface area contributed by atoms with Crippen LogP contribution in [0.5, 0.6) is 11.5 Å². The number of carbonyl (C=O) groups is 1. The van der Waals surface area contributed by atoms with Crippen molar-refractivity contribution in [2.24, 2.45) is 0 Å². The number of nitrogens with zero attached hydrogens (tertiary/aromatic N) is 1. The Bertz CT molecular complexity index is 1240. The van der Waals surface area contributed by atoms with Crippen molar-refractivity contribution < 1.29 is 22.7 Å². The van der Waals surface area contributed by atoms with E-state index in [0.29, 0.717) is 17.2 Å². The lowest BCUT2D eigenvalue weighted by Crippen LogP contribution is -2.31. The van der Waals surface area contributed by atoms with Crippen LogP contribution < -0.4 is 19.1 Å². The first-order valence-electron chi connectivity index (χ1n) is 10.8. The van der Waals surface area contributed by atoms with Gasteiger partial charge in [-0.1, -0.05) is 18.2 Å². The van der Waals surface area contributed by atoms with Gasteiger partial charge in [-0.05, 0) is 86.0 Å². The number of nitrogens with one attached hydrogen (secondary N) is 1. The molecule has 3 rings (SSSR count). The van der Waals surface area contributed by atoms with Crippen molar-refractivity contribution in [3.05, 3.63) is 83.4 Å². The van der Waals surface area contributed by atoms with Gasteiger partial charge >= 0.3 is 0 Å². The average molecular weight is 483 g/mol. The minimum absolute atomic E-state index is 0.144. The van der Waals surface area contributed by atoms with Crippen LogP contribution in [0, 0.1) is 13.8 Å². The highest BCUT2D eigenvalue weighted by molar-refractivity contribution is 7.92. The first kappa shape index (κ1) is 25.1. The largest absolute Gasteiger partial charge is 0.497 e. The van der Waals surface area contributed by atoms with Crippen molar-refractivity contribution in [1.82, 2.24) is 5.32 Å². The smallest absolute Gasteiger partial charge is 0.264 e. The summed E-state index contributed by atoms with van der Waals surface area (Å²) >= 11 is 0. The predicted octanol–water partition coefficient (Wildman–Crippen LogP) is 4.39. The highest BCUT2D eigenvalue weighted by Crippen LogP contribution is 2.25. The Labute approximate surface area is 201 Å². The first-order valence-corrected chi connectivity index (χ1v) is 12.3. The lowest BCUT2D eigenvalue weighted by atomic mass is 10.0. The molecule has 7 nitrogen and oxygen atoms in total. The van der Waals surface area contributed by atoms with Gasteiger partial charge in [0.05, 0.1) is 23.7 Å². The Kier molecular flexibility index (Phi) is 7.83. The third kappa shape index (κ3) is 5.88. The van der Waals surface area contributed by atoms with E-state index in [1.807, 2.05) is 32.9 Å². The maximum Gasteiger partial charge on any atom is 0.264 e. The highest BCUT2D eigenvalue weighted by atomic mass is 32.2. The summed E-state index contributed by atoms with van der Waals surface area (Å²) < 4.78 is 37.6. The van der Waals surface area contributed by atoms with Crippen LogP contribution in [0.25, 0.3) is 0 Å². The number of methoxy groups -OCH3 is 1. The quantitative estimate of drug-likeness (QED) is 0.489. The van der Waals surface area contributed by atoms with Crippen molar-refractivity contribution in [3.8, 4) is 11.5 Å². The zero-order valence-electron chi connectivity index (χ0n) is 20.0. The number of hydrogen-bond donors (Lipinski definition) is 1. The van der Waals surface area contributed by atoms with E-state index < -0.39 is 10.0 Å². The number of amides is 1. The summed E-state index contributed by atoms with van der Waals surface area (Å²) in [6.07, 6.45) is 0. The van der Waals surface area contributed by atoms with Gasteiger partial charge in [-0.3, -0.25) is 9.10 Å². The summed E-state index contributed by atoms with van der Waals surface area (Å²) in [6.45, 7) is 5.87. The molecule has 0 aromatic heterocycles. The molecule has 0 bridgehead atoms.